The van der Waals surface area contributed by atoms with Gasteiger partial charge in [0.25, 0.3) is 0 Å². The van der Waals surface area contributed by atoms with Crippen LogP contribution in [0, 0.1) is 6.92 Å². The zero-order chi connectivity index (χ0) is 10.7. The molecular weight excluding hydrogens is 188 g/mol. The average Bonchev–Trinajstić information content (AvgIpc) is 2.68. The van der Waals surface area contributed by atoms with Gasteiger partial charge in [0.15, 0.2) is 0 Å². The summed E-state index contributed by atoms with van der Waals surface area (Å²) in [6.45, 7) is 2.01. The second-order valence-corrected chi connectivity index (χ2v) is 3.48. The van der Waals surface area contributed by atoms with E-state index in [-0.39, 0.29) is 6.04 Å². The van der Waals surface area contributed by atoms with E-state index in [2.05, 4.69) is 5.43 Å². The van der Waals surface area contributed by atoms with Gasteiger partial charge in [-0.05, 0) is 24.1 Å². The maximum atomic E-state index is 5.55. The van der Waals surface area contributed by atoms with Crippen molar-refractivity contribution in [1.82, 2.24) is 5.43 Å². The van der Waals surface area contributed by atoms with Crippen LogP contribution in [0.2, 0.25) is 0 Å². The Balaban J connectivity index is 2.37. The lowest BCUT2D eigenvalue weighted by Crippen LogP contribution is -2.28. The number of nitrogens with two attached hydrogens (primary N) is 1. The molecule has 1 heterocycles. The Morgan fingerprint density at radius 1 is 1.20 bits per heavy atom. The summed E-state index contributed by atoms with van der Waals surface area (Å²) in [7, 11) is 0. The molecule has 1 unspecified atom stereocenters. The summed E-state index contributed by atoms with van der Waals surface area (Å²) in [5.74, 6) is 6.42. The summed E-state index contributed by atoms with van der Waals surface area (Å²) in [5.41, 5.74) is 4.96. The van der Waals surface area contributed by atoms with Crippen molar-refractivity contribution in [3.05, 3.63) is 59.5 Å². The molecule has 0 radical (unpaired) electrons. The molecular formula is C12H14N2O. The fraction of sp³-hybridized carbons (Fsp3) is 0.167. The van der Waals surface area contributed by atoms with E-state index in [1.54, 1.807) is 6.26 Å². The molecule has 0 spiro atoms. The third-order valence-corrected chi connectivity index (χ3v) is 2.46. The number of rotatable bonds is 3. The van der Waals surface area contributed by atoms with Crippen LogP contribution in [0.3, 0.4) is 0 Å². The first kappa shape index (κ1) is 9.96. The number of aryl methyl sites for hydroxylation is 1. The van der Waals surface area contributed by atoms with Gasteiger partial charge in [0.2, 0.25) is 0 Å². The first-order chi connectivity index (χ1) is 7.33. The van der Waals surface area contributed by atoms with Crippen LogP contribution in [-0.2, 0) is 0 Å². The molecule has 0 fully saturated rings. The van der Waals surface area contributed by atoms with E-state index >= 15 is 0 Å². The molecule has 3 nitrogen and oxygen atoms in total. The highest BCUT2D eigenvalue weighted by atomic mass is 16.3. The van der Waals surface area contributed by atoms with Gasteiger partial charge >= 0.3 is 0 Å². The highest BCUT2D eigenvalue weighted by molar-refractivity contribution is 5.30. The quantitative estimate of drug-likeness (QED) is 0.592. The lowest BCUT2D eigenvalue weighted by molar-refractivity contribution is 0.449. The molecule has 2 aromatic rings. The van der Waals surface area contributed by atoms with Crippen LogP contribution < -0.4 is 11.3 Å². The molecule has 2 rings (SSSR count). The Bertz CT molecular complexity index is 422. The molecule has 0 saturated heterocycles. The van der Waals surface area contributed by atoms with E-state index in [0.717, 1.165) is 16.9 Å². The second kappa shape index (κ2) is 4.29. The van der Waals surface area contributed by atoms with Gasteiger partial charge in [-0.3, -0.25) is 5.84 Å². The Morgan fingerprint density at radius 3 is 2.47 bits per heavy atom. The van der Waals surface area contributed by atoms with Gasteiger partial charge in [0.1, 0.15) is 11.8 Å². The fourth-order valence-electron chi connectivity index (χ4n) is 1.65. The van der Waals surface area contributed by atoms with E-state index in [9.17, 15) is 0 Å². The van der Waals surface area contributed by atoms with Gasteiger partial charge in [-0.25, -0.2) is 5.43 Å². The molecule has 0 amide bonds. The number of nitrogens with one attached hydrogen (secondary N) is 1. The maximum absolute atomic E-state index is 5.55. The van der Waals surface area contributed by atoms with Crippen LogP contribution in [-0.4, -0.2) is 0 Å². The Kier molecular flexibility index (Phi) is 2.85. The minimum absolute atomic E-state index is 0.0822. The standard InChI is InChI=1S/C12H14N2O/c1-9-7-8-15-12(9)11(14-13)10-5-3-2-4-6-10/h2-8,11,14H,13H2,1H3. The summed E-state index contributed by atoms with van der Waals surface area (Å²) in [6, 6.07) is 11.8. The number of hydrogen-bond donors (Lipinski definition) is 2. The molecule has 78 valence electrons. The maximum Gasteiger partial charge on any atom is 0.129 e. The molecule has 0 bridgehead atoms. The van der Waals surface area contributed by atoms with Crippen LogP contribution in [0.4, 0.5) is 0 Å². The Morgan fingerprint density at radius 2 is 1.93 bits per heavy atom. The van der Waals surface area contributed by atoms with Crippen LogP contribution >= 0.6 is 0 Å². The van der Waals surface area contributed by atoms with E-state index in [1.165, 1.54) is 0 Å². The van der Waals surface area contributed by atoms with Crippen molar-refractivity contribution < 1.29 is 4.42 Å². The second-order valence-electron chi connectivity index (χ2n) is 3.48. The molecule has 3 N–H and O–H groups in total. The fourth-order valence-corrected chi connectivity index (χ4v) is 1.65. The van der Waals surface area contributed by atoms with Gasteiger partial charge in [0.05, 0.1) is 6.26 Å². The lowest BCUT2D eigenvalue weighted by Gasteiger charge is -2.14. The molecule has 3 heteroatoms. The predicted octanol–water partition coefficient (Wildman–Crippen LogP) is 2.14. The van der Waals surface area contributed by atoms with Crippen molar-refractivity contribution in [2.24, 2.45) is 5.84 Å². The van der Waals surface area contributed by atoms with Gasteiger partial charge in [-0.15, -0.1) is 0 Å². The summed E-state index contributed by atoms with van der Waals surface area (Å²) in [6.07, 6.45) is 1.68. The van der Waals surface area contributed by atoms with Gasteiger partial charge in [-0.1, -0.05) is 30.3 Å². The first-order valence-corrected chi connectivity index (χ1v) is 4.88. The predicted molar refractivity (Wildman–Crippen MR) is 59.1 cm³/mol. The van der Waals surface area contributed by atoms with E-state index in [4.69, 9.17) is 10.3 Å². The summed E-state index contributed by atoms with van der Waals surface area (Å²) in [4.78, 5) is 0. The molecule has 0 aliphatic carbocycles. The van der Waals surface area contributed by atoms with Crippen molar-refractivity contribution in [1.29, 1.82) is 0 Å². The number of benzene rings is 1. The van der Waals surface area contributed by atoms with Crippen LogP contribution in [0.1, 0.15) is 22.9 Å². The van der Waals surface area contributed by atoms with Crippen molar-refractivity contribution in [3.8, 4) is 0 Å². The van der Waals surface area contributed by atoms with E-state index in [1.807, 2.05) is 43.3 Å². The minimum Gasteiger partial charge on any atom is -0.467 e. The SMILES string of the molecule is Cc1ccoc1C(NN)c1ccccc1. The van der Waals surface area contributed by atoms with Crippen LogP contribution in [0.5, 0.6) is 0 Å². The molecule has 0 saturated carbocycles. The average molecular weight is 202 g/mol. The third-order valence-electron chi connectivity index (χ3n) is 2.46. The summed E-state index contributed by atoms with van der Waals surface area (Å²) >= 11 is 0. The molecule has 0 aliphatic heterocycles. The van der Waals surface area contributed by atoms with Crippen molar-refractivity contribution >= 4 is 0 Å². The van der Waals surface area contributed by atoms with Crippen molar-refractivity contribution in [2.75, 3.05) is 0 Å². The largest absolute Gasteiger partial charge is 0.467 e. The molecule has 1 aromatic carbocycles. The normalized spacial score (nSPS) is 12.7. The zero-order valence-electron chi connectivity index (χ0n) is 8.60. The minimum atomic E-state index is -0.0822. The molecule has 1 atom stereocenters. The molecule has 1 aromatic heterocycles. The van der Waals surface area contributed by atoms with E-state index < -0.39 is 0 Å². The van der Waals surface area contributed by atoms with E-state index in [0.29, 0.717) is 0 Å². The van der Waals surface area contributed by atoms with Gasteiger partial charge < -0.3 is 4.42 Å². The third kappa shape index (κ3) is 1.93. The highest BCUT2D eigenvalue weighted by Crippen LogP contribution is 2.24. The van der Waals surface area contributed by atoms with Crippen LogP contribution in [0.15, 0.2) is 47.1 Å². The Hall–Kier alpha value is -1.58. The first-order valence-electron chi connectivity index (χ1n) is 4.88. The van der Waals surface area contributed by atoms with Gasteiger partial charge in [-0.2, -0.15) is 0 Å². The highest BCUT2D eigenvalue weighted by Gasteiger charge is 2.16. The molecule has 0 aliphatic rings. The number of hydrazine groups is 1. The van der Waals surface area contributed by atoms with Crippen LogP contribution in [0.25, 0.3) is 0 Å². The topological polar surface area (TPSA) is 51.2 Å². The molecule has 15 heavy (non-hydrogen) atoms. The summed E-state index contributed by atoms with van der Waals surface area (Å²) in [5, 5.41) is 0. The van der Waals surface area contributed by atoms with Crippen molar-refractivity contribution in [2.45, 2.75) is 13.0 Å². The van der Waals surface area contributed by atoms with Gasteiger partial charge in [0, 0.05) is 0 Å². The lowest BCUT2D eigenvalue weighted by atomic mass is 10.0. The summed E-state index contributed by atoms with van der Waals surface area (Å²) < 4.78 is 5.43. The number of furan rings is 1. The number of hydrogen-bond acceptors (Lipinski definition) is 3. The smallest absolute Gasteiger partial charge is 0.129 e. The monoisotopic (exact) mass is 202 g/mol. The van der Waals surface area contributed by atoms with Crippen molar-refractivity contribution in [3.63, 3.8) is 0 Å². The zero-order valence-corrected chi connectivity index (χ0v) is 8.60. The Labute approximate surface area is 88.9 Å².